The standard InChI is InChI=1S/C6H12O3.C5H9ClO2.C5H10O3.C4H8O3.C2H5I.2Ag.Li.2H2O.O/c1-4-9-5(2)6(7)8-3;2*1-3-8-4(2)5(6)7;1-3(5)4(6)7-2;1-2-3;;;;;;/h5H,4H2,1-3H3;4H,3H2,1-2H3;4H,3H2,1-2H3,(H,6,7);3,5H,1-2H3;2H2,1H3;;;;2*1H2;/q;;;;;;;+1;;;/p-1/t5-;2*4-;3-;;;;;;;/m0000......./s1. The Morgan fingerprint density at radius 2 is 1.05 bits per heavy atom. The number of aliphatic carboxylic acids is 1. The molecule has 0 rings (SSSR count). The number of methoxy groups -OCH3 is 2. The van der Waals surface area contributed by atoms with E-state index >= 15 is 0 Å². The number of hydrogen-bond donors (Lipinski definition) is 2. The summed E-state index contributed by atoms with van der Waals surface area (Å²) in [6, 6.07) is 0. The minimum atomic E-state index is -0.995. The van der Waals surface area contributed by atoms with Crippen molar-refractivity contribution in [2.45, 2.75) is 79.8 Å². The molecule has 0 aromatic rings. The van der Waals surface area contributed by atoms with Gasteiger partial charge in [0.1, 0.15) is 12.2 Å². The number of carbonyl (C=O) groups is 4. The molecule has 0 saturated heterocycles. The number of hydrogen-bond acceptors (Lipinski definition) is 12. The average Bonchev–Trinajstić information content (AvgIpc) is 2.86. The van der Waals surface area contributed by atoms with E-state index < -0.39 is 41.6 Å². The molecule has 14 nitrogen and oxygen atoms in total. The SMILES string of the molecule is CCI.CCO[C@@H](C)C(=O)Cl.CCO[C@@H](C)C(=O)O.CCO[C@@H](C)C(=O)OC.COC(=O)[C@H](C)O.O.[Ag].[Li+].[OH-].[O]=[Ag]. The molecule has 0 bridgehead atoms. The molecule has 0 aliphatic heterocycles. The van der Waals surface area contributed by atoms with Gasteiger partial charge in [-0.15, -0.1) is 0 Å². The van der Waals surface area contributed by atoms with Crippen LogP contribution >= 0.6 is 34.2 Å². The van der Waals surface area contributed by atoms with Gasteiger partial charge >= 0.3 is 61.1 Å². The Bertz CT molecular complexity index is 534. The Labute approximate surface area is 302 Å². The molecule has 4 atom stereocenters. The van der Waals surface area contributed by atoms with Gasteiger partial charge in [-0.1, -0.05) is 29.5 Å². The van der Waals surface area contributed by atoms with Crippen LogP contribution in [0.25, 0.3) is 0 Å². The summed E-state index contributed by atoms with van der Waals surface area (Å²) < 4.78 is 32.2. The molecule has 0 aliphatic rings. The van der Waals surface area contributed by atoms with Crippen molar-refractivity contribution in [3.63, 3.8) is 0 Å². The summed E-state index contributed by atoms with van der Waals surface area (Å²) >= 11 is 9.03. The molecule has 0 saturated carbocycles. The topological polar surface area (TPSA) is 233 Å². The molecular weight excluding hydrogens is 873 g/mol. The number of carboxylic acid groups (broad SMARTS) is 1. The first-order valence-corrected chi connectivity index (χ1v) is 13.5. The van der Waals surface area contributed by atoms with E-state index in [1.54, 1.807) is 41.8 Å². The quantitative estimate of drug-likeness (QED) is 0.0893. The van der Waals surface area contributed by atoms with E-state index in [2.05, 4.69) is 39.0 Å². The molecule has 41 heavy (non-hydrogen) atoms. The fraction of sp³-hybridized carbons (Fsp3) is 0.818. The number of aliphatic hydroxyl groups is 1. The first kappa shape index (κ1) is 68.8. The van der Waals surface area contributed by atoms with Gasteiger partial charge in [0.15, 0.2) is 12.2 Å². The van der Waals surface area contributed by atoms with Crippen LogP contribution in [0.4, 0.5) is 0 Å². The molecule has 0 spiro atoms. The number of carbonyl (C=O) groups excluding carboxylic acids is 3. The molecule has 0 heterocycles. The molecule has 19 heteroatoms. The van der Waals surface area contributed by atoms with Crippen LogP contribution in [-0.2, 0) is 89.5 Å². The fourth-order valence-corrected chi connectivity index (χ4v) is 1.35. The van der Waals surface area contributed by atoms with Crippen molar-refractivity contribution in [3.05, 3.63) is 0 Å². The Morgan fingerprint density at radius 3 is 1.17 bits per heavy atom. The van der Waals surface area contributed by atoms with Gasteiger partial charge in [-0.05, 0) is 64.5 Å². The van der Waals surface area contributed by atoms with Crippen molar-refractivity contribution in [2.24, 2.45) is 0 Å². The molecule has 5 N–H and O–H groups in total. The van der Waals surface area contributed by atoms with E-state index in [0.717, 1.165) is 0 Å². The minimum absolute atomic E-state index is 0. The zero-order chi connectivity index (χ0) is 31.0. The van der Waals surface area contributed by atoms with Crippen molar-refractivity contribution < 1.29 is 130 Å². The van der Waals surface area contributed by atoms with E-state index in [-0.39, 0.29) is 58.2 Å². The fourth-order valence-electron chi connectivity index (χ4n) is 1.29. The van der Waals surface area contributed by atoms with Crippen LogP contribution in [0.5, 0.6) is 0 Å². The molecule has 0 fully saturated rings. The van der Waals surface area contributed by atoms with Crippen LogP contribution in [0, 0.1) is 0 Å². The molecular formula is C22H47Ag2ClILiO14. The number of esters is 2. The van der Waals surface area contributed by atoms with Gasteiger partial charge in [0.05, 0.1) is 14.2 Å². The Balaban J connectivity index is -0.0000000360. The van der Waals surface area contributed by atoms with Crippen molar-refractivity contribution in [2.75, 3.05) is 38.5 Å². The monoisotopic (exact) mass is 918 g/mol. The predicted octanol–water partition coefficient (Wildman–Crippen LogP) is -0.883. The third kappa shape index (κ3) is 69.1. The number of halogens is 2. The normalized spacial score (nSPS) is 10.8. The summed E-state index contributed by atoms with van der Waals surface area (Å²) in [5, 5.41) is 16.1. The van der Waals surface area contributed by atoms with Crippen LogP contribution in [0.1, 0.15) is 55.4 Å². The number of ether oxygens (including phenoxy) is 5. The summed E-state index contributed by atoms with van der Waals surface area (Å²) in [7, 11) is 2.58. The van der Waals surface area contributed by atoms with Gasteiger partial charge in [0.25, 0.3) is 0 Å². The van der Waals surface area contributed by atoms with E-state index in [1.165, 1.54) is 32.5 Å². The maximum absolute atomic E-state index is 10.6. The predicted molar refractivity (Wildman–Crippen MR) is 148 cm³/mol. The molecule has 1 radical (unpaired) electrons. The second kappa shape index (κ2) is 56.5. The van der Waals surface area contributed by atoms with Gasteiger partial charge in [0, 0.05) is 42.2 Å². The van der Waals surface area contributed by atoms with Crippen LogP contribution in [0.15, 0.2) is 0 Å². The van der Waals surface area contributed by atoms with E-state index in [9.17, 15) is 19.2 Å². The zero-order valence-corrected chi connectivity index (χ0v) is 31.3. The van der Waals surface area contributed by atoms with E-state index in [4.69, 9.17) is 39.3 Å². The second-order valence-corrected chi connectivity index (χ2v) is 7.82. The Hall–Kier alpha value is 0.738. The number of rotatable bonds is 10. The number of carboxylic acids is 1. The van der Waals surface area contributed by atoms with Crippen molar-refractivity contribution in [1.29, 1.82) is 0 Å². The summed E-state index contributed by atoms with van der Waals surface area (Å²) in [5.74, 6) is -1.83. The van der Waals surface area contributed by atoms with Crippen LogP contribution in [-0.4, -0.2) is 107 Å². The number of alkyl halides is 1. The van der Waals surface area contributed by atoms with Gasteiger partial charge in [0.2, 0.25) is 5.24 Å². The molecule has 0 aliphatic carbocycles. The van der Waals surface area contributed by atoms with Crippen molar-refractivity contribution in [3.8, 4) is 0 Å². The van der Waals surface area contributed by atoms with Crippen LogP contribution in [0.3, 0.4) is 0 Å². The van der Waals surface area contributed by atoms with E-state index in [0.29, 0.717) is 19.8 Å². The summed E-state index contributed by atoms with van der Waals surface area (Å²) in [5.41, 5.74) is 0. The van der Waals surface area contributed by atoms with Gasteiger partial charge in [-0.3, -0.25) is 4.79 Å². The molecule has 0 amide bonds. The first-order chi connectivity index (χ1) is 17.2. The summed E-state index contributed by atoms with van der Waals surface area (Å²) in [6.07, 6.45) is -2.55. The zero-order valence-electron chi connectivity index (χ0n) is 25.4. The third-order valence-electron chi connectivity index (χ3n) is 2.99. The van der Waals surface area contributed by atoms with Crippen LogP contribution < -0.4 is 18.9 Å². The third-order valence-corrected chi connectivity index (χ3v) is 3.30. The van der Waals surface area contributed by atoms with E-state index in [1.807, 2.05) is 13.8 Å². The van der Waals surface area contributed by atoms with Gasteiger partial charge in [-0.25, -0.2) is 14.4 Å². The molecule has 0 aromatic carbocycles. The average molecular weight is 921 g/mol. The number of aliphatic hydroxyl groups excluding tert-OH is 1. The van der Waals surface area contributed by atoms with Gasteiger partial charge in [-0.2, -0.15) is 0 Å². The van der Waals surface area contributed by atoms with Crippen molar-refractivity contribution >= 4 is 57.3 Å². The van der Waals surface area contributed by atoms with Crippen molar-refractivity contribution in [1.82, 2.24) is 0 Å². The Kier molecular flexibility index (Phi) is 94.8. The molecule has 0 aromatic heterocycles. The summed E-state index contributed by atoms with van der Waals surface area (Å²) in [4.78, 5) is 40.7. The Morgan fingerprint density at radius 1 is 0.780 bits per heavy atom. The molecule has 0 unspecified atom stereocenters. The molecule has 256 valence electrons. The van der Waals surface area contributed by atoms with Crippen LogP contribution in [0.2, 0.25) is 0 Å². The summed E-state index contributed by atoms with van der Waals surface area (Å²) in [6.45, 7) is 15.2. The van der Waals surface area contributed by atoms with Gasteiger partial charge < -0.3 is 44.8 Å². The first-order valence-electron chi connectivity index (χ1n) is 11.0. The maximum atomic E-state index is 10.6. The second-order valence-electron chi connectivity index (χ2n) is 5.92.